The molecule has 0 aromatic heterocycles. The topological polar surface area (TPSA) is 49.6 Å². The maximum atomic E-state index is 12.6. The first kappa shape index (κ1) is 15.5. The number of allylic oxidation sites excluding steroid dienone is 2. The van der Waals surface area contributed by atoms with Gasteiger partial charge in [-0.25, -0.2) is 0 Å². The molecule has 1 saturated heterocycles. The van der Waals surface area contributed by atoms with Crippen molar-refractivity contribution in [3.63, 3.8) is 0 Å². The first-order chi connectivity index (χ1) is 9.76. The van der Waals surface area contributed by atoms with Gasteiger partial charge in [-0.3, -0.25) is 9.69 Å². The molecule has 4 heteroatoms. The molecule has 0 spiro atoms. The Bertz CT molecular complexity index is 352. The van der Waals surface area contributed by atoms with Crippen LogP contribution in [0.15, 0.2) is 11.8 Å². The second kappa shape index (κ2) is 7.79. The molecule has 1 amide bonds. The normalized spacial score (nSPS) is 23.7. The number of hydrogen-bond donors (Lipinski definition) is 1. The third-order valence-electron chi connectivity index (χ3n) is 4.57. The highest BCUT2D eigenvalue weighted by Crippen LogP contribution is 2.23. The second-order valence-electron chi connectivity index (χ2n) is 5.92. The van der Waals surface area contributed by atoms with Gasteiger partial charge < -0.3 is 10.6 Å². The van der Waals surface area contributed by atoms with Gasteiger partial charge in [0.1, 0.15) is 0 Å². The third-order valence-corrected chi connectivity index (χ3v) is 4.57. The van der Waals surface area contributed by atoms with Gasteiger partial charge in [-0.2, -0.15) is 0 Å². The first-order valence-corrected chi connectivity index (χ1v) is 8.19. The SMILES string of the molecule is CCN(C(=O)CN1CCCCC1CCN)C1=CCCC1. The van der Waals surface area contributed by atoms with Crippen molar-refractivity contribution in [1.29, 1.82) is 0 Å². The molecule has 1 atom stereocenters. The quantitative estimate of drug-likeness (QED) is 0.810. The molecule has 1 unspecified atom stereocenters. The van der Waals surface area contributed by atoms with E-state index in [-0.39, 0.29) is 5.91 Å². The van der Waals surface area contributed by atoms with Crippen LogP contribution < -0.4 is 5.73 Å². The Morgan fingerprint density at radius 1 is 1.45 bits per heavy atom. The summed E-state index contributed by atoms with van der Waals surface area (Å²) in [6.45, 7) is 5.20. The van der Waals surface area contributed by atoms with Crippen LogP contribution in [0.2, 0.25) is 0 Å². The van der Waals surface area contributed by atoms with Crippen molar-refractivity contribution in [2.75, 3.05) is 26.2 Å². The van der Waals surface area contributed by atoms with E-state index in [2.05, 4.69) is 17.9 Å². The van der Waals surface area contributed by atoms with Crippen molar-refractivity contribution in [3.8, 4) is 0 Å². The fourth-order valence-corrected chi connectivity index (χ4v) is 3.49. The molecule has 2 aliphatic rings. The van der Waals surface area contributed by atoms with Crippen molar-refractivity contribution in [2.45, 2.75) is 57.9 Å². The molecule has 0 bridgehead atoms. The molecule has 2 N–H and O–H groups in total. The van der Waals surface area contributed by atoms with E-state index in [1.165, 1.54) is 31.4 Å². The number of hydrogen-bond acceptors (Lipinski definition) is 3. The van der Waals surface area contributed by atoms with Crippen LogP contribution in [0.25, 0.3) is 0 Å². The van der Waals surface area contributed by atoms with E-state index >= 15 is 0 Å². The van der Waals surface area contributed by atoms with Crippen molar-refractivity contribution in [2.24, 2.45) is 5.73 Å². The lowest BCUT2D eigenvalue weighted by atomic mass is 9.99. The van der Waals surface area contributed by atoms with Gasteiger partial charge in [0.15, 0.2) is 0 Å². The minimum atomic E-state index is 0.268. The van der Waals surface area contributed by atoms with Crippen LogP contribution in [0.4, 0.5) is 0 Å². The van der Waals surface area contributed by atoms with E-state index in [1.54, 1.807) is 0 Å². The molecule has 0 radical (unpaired) electrons. The average Bonchev–Trinajstić information content (AvgIpc) is 2.96. The molecule has 1 fully saturated rings. The number of nitrogens with two attached hydrogens (primary N) is 1. The Labute approximate surface area is 123 Å². The molecule has 114 valence electrons. The summed E-state index contributed by atoms with van der Waals surface area (Å²) in [6.07, 6.45) is 10.3. The van der Waals surface area contributed by atoms with E-state index < -0.39 is 0 Å². The van der Waals surface area contributed by atoms with Crippen molar-refractivity contribution in [1.82, 2.24) is 9.80 Å². The molecular formula is C16H29N3O. The Hall–Kier alpha value is -0.870. The third kappa shape index (κ3) is 3.83. The van der Waals surface area contributed by atoms with Crippen molar-refractivity contribution < 1.29 is 4.79 Å². The van der Waals surface area contributed by atoms with Gasteiger partial charge in [-0.1, -0.05) is 12.5 Å². The van der Waals surface area contributed by atoms with E-state index in [4.69, 9.17) is 5.73 Å². The summed E-state index contributed by atoms with van der Waals surface area (Å²) in [6, 6.07) is 0.508. The van der Waals surface area contributed by atoms with Crippen LogP contribution >= 0.6 is 0 Å². The number of likely N-dealkylation sites (tertiary alicyclic amines) is 1. The summed E-state index contributed by atoms with van der Waals surface area (Å²) in [5, 5.41) is 0. The molecule has 2 rings (SSSR count). The summed E-state index contributed by atoms with van der Waals surface area (Å²) in [5.74, 6) is 0.268. The van der Waals surface area contributed by atoms with Gasteiger partial charge in [0, 0.05) is 18.3 Å². The number of rotatable bonds is 6. The molecule has 0 aromatic carbocycles. The van der Waals surface area contributed by atoms with Gasteiger partial charge in [0.25, 0.3) is 0 Å². The number of carbonyl (C=O) groups is 1. The van der Waals surface area contributed by atoms with Crippen LogP contribution in [0.5, 0.6) is 0 Å². The van der Waals surface area contributed by atoms with E-state index in [0.717, 1.165) is 38.9 Å². The molecule has 20 heavy (non-hydrogen) atoms. The smallest absolute Gasteiger partial charge is 0.240 e. The zero-order valence-electron chi connectivity index (χ0n) is 12.8. The van der Waals surface area contributed by atoms with Crippen molar-refractivity contribution in [3.05, 3.63) is 11.8 Å². The van der Waals surface area contributed by atoms with Gasteiger partial charge in [0.2, 0.25) is 5.91 Å². The fourth-order valence-electron chi connectivity index (χ4n) is 3.49. The van der Waals surface area contributed by atoms with Crippen molar-refractivity contribution >= 4 is 5.91 Å². The van der Waals surface area contributed by atoms with Gasteiger partial charge in [-0.05, 0) is 58.5 Å². The lowest BCUT2D eigenvalue weighted by molar-refractivity contribution is -0.131. The largest absolute Gasteiger partial charge is 0.330 e. The van der Waals surface area contributed by atoms with Gasteiger partial charge in [-0.15, -0.1) is 0 Å². The van der Waals surface area contributed by atoms with Crippen LogP contribution in [-0.2, 0) is 4.79 Å². The zero-order valence-corrected chi connectivity index (χ0v) is 12.8. The van der Waals surface area contributed by atoms with Gasteiger partial charge in [0.05, 0.1) is 6.54 Å². The molecule has 1 aliphatic carbocycles. The van der Waals surface area contributed by atoms with Gasteiger partial charge >= 0.3 is 0 Å². The molecule has 4 nitrogen and oxygen atoms in total. The number of nitrogens with zero attached hydrogens (tertiary/aromatic N) is 2. The minimum absolute atomic E-state index is 0.268. The van der Waals surface area contributed by atoms with E-state index in [0.29, 0.717) is 12.6 Å². The Morgan fingerprint density at radius 2 is 2.30 bits per heavy atom. The van der Waals surface area contributed by atoms with Crippen LogP contribution in [0, 0.1) is 0 Å². The average molecular weight is 279 g/mol. The number of amides is 1. The molecule has 1 aliphatic heterocycles. The summed E-state index contributed by atoms with van der Waals surface area (Å²) in [7, 11) is 0. The first-order valence-electron chi connectivity index (χ1n) is 8.19. The van der Waals surface area contributed by atoms with Crippen LogP contribution in [0.1, 0.15) is 51.9 Å². The second-order valence-corrected chi connectivity index (χ2v) is 5.92. The van der Waals surface area contributed by atoms with Crippen LogP contribution in [0.3, 0.4) is 0 Å². The summed E-state index contributed by atoms with van der Waals surface area (Å²) in [5.41, 5.74) is 6.95. The minimum Gasteiger partial charge on any atom is -0.330 e. The molecule has 0 saturated carbocycles. The fraction of sp³-hybridized carbons (Fsp3) is 0.812. The number of likely N-dealkylation sites (N-methyl/N-ethyl adjacent to an activating group) is 1. The maximum Gasteiger partial charge on any atom is 0.240 e. The summed E-state index contributed by atoms with van der Waals surface area (Å²) in [4.78, 5) is 16.9. The predicted octanol–water partition coefficient (Wildman–Crippen LogP) is 2.11. The lowest BCUT2D eigenvalue weighted by Gasteiger charge is -2.36. The molecule has 0 aromatic rings. The predicted molar refractivity (Wildman–Crippen MR) is 82.2 cm³/mol. The summed E-state index contributed by atoms with van der Waals surface area (Å²) < 4.78 is 0. The van der Waals surface area contributed by atoms with Crippen LogP contribution in [-0.4, -0.2) is 47.9 Å². The van der Waals surface area contributed by atoms with E-state index in [9.17, 15) is 4.79 Å². The monoisotopic (exact) mass is 279 g/mol. The van der Waals surface area contributed by atoms with E-state index in [1.807, 2.05) is 4.90 Å². The number of piperidine rings is 1. The highest BCUT2D eigenvalue weighted by molar-refractivity contribution is 5.80. The summed E-state index contributed by atoms with van der Waals surface area (Å²) >= 11 is 0. The highest BCUT2D eigenvalue weighted by Gasteiger charge is 2.26. The lowest BCUT2D eigenvalue weighted by Crippen LogP contribution is -2.47. The highest BCUT2D eigenvalue weighted by atomic mass is 16.2. The zero-order chi connectivity index (χ0) is 14.4. The molecular weight excluding hydrogens is 250 g/mol. The Morgan fingerprint density at radius 3 is 2.95 bits per heavy atom. The maximum absolute atomic E-state index is 12.6. The number of carbonyl (C=O) groups excluding carboxylic acids is 1. The molecule has 1 heterocycles. The Balaban J connectivity index is 1.93. The standard InChI is InChI=1S/C16H29N3O/c1-2-19(15-8-3-4-9-15)16(20)13-18-12-6-5-7-14(18)10-11-17/h8,14H,2-7,9-13,17H2,1H3. The Kier molecular flexibility index (Phi) is 6.05.